The first-order valence-electron chi connectivity index (χ1n) is 8.16. The fourth-order valence-electron chi connectivity index (χ4n) is 3.07. The van der Waals surface area contributed by atoms with Crippen LogP contribution in [0, 0.1) is 0 Å². The summed E-state index contributed by atoms with van der Waals surface area (Å²) in [4.78, 5) is 14.6. The van der Waals surface area contributed by atoms with Crippen molar-refractivity contribution < 1.29 is 9.47 Å². The number of methoxy groups -OCH3 is 1. The lowest BCUT2D eigenvalue weighted by Crippen LogP contribution is -2.17. The molecule has 4 rings (SSSR count). The highest BCUT2D eigenvalue weighted by atomic mass is 16.7. The Balaban J connectivity index is 1.75. The van der Waals surface area contributed by atoms with Crippen LogP contribution in [0.2, 0.25) is 0 Å². The lowest BCUT2D eigenvalue weighted by molar-refractivity contribution is 0.0512. The topological polar surface area (TPSA) is 63.3 Å². The SMILES string of the molecule is COCOc1cc(-c2cnc3[nH]ccc3n2)cc(N2CCCC2)c1. The third kappa shape index (κ3) is 2.92. The van der Waals surface area contributed by atoms with Crippen LogP contribution in [-0.2, 0) is 4.74 Å². The van der Waals surface area contributed by atoms with Gasteiger partial charge in [-0.05, 0) is 31.0 Å². The number of benzene rings is 1. The second kappa shape index (κ2) is 6.49. The Morgan fingerprint density at radius 2 is 2.08 bits per heavy atom. The smallest absolute Gasteiger partial charge is 0.188 e. The van der Waals surface area contributed by atoms with E-state index in [1.807, 2.05) is 18.3 Å². The van der Waals surface area contributed by atoms with Crippen molar-refractivity contribution in [1.82, 2.24) is 15.0 Å². The van der Waals surface area contributed by atoms with Gasteiger partial charge in [0.25, 0.3) is 0 Å². The van der Waals surface area contributed by atoms with E-state index < -0.39 is 0 Å². The molecule has 1 saturated heterocycles. The lowest BCUT2D eigenvalue weighted by atomic mass is 10.1. The zero-order valence-corrected chi connectivity index (χ0v) is 13.7. The van der Waals surface area contributed by atoms with Crippen molar-refractivity contribution in [3.8, 4) is 17.0 Å². The number of ether oxygens (including phenoxy) is 2. The zero-order chi connectivity index (χ0) is 16.4. The van der Waals surface area contributed by atoms with Gasteiger partial charge >= 0.3 is 0 Å². The van der Waals surface area contributed by atoms with Gasteiger partial charge in [-0.15, -0.1) is 0 Å². The van der Waals surface area contributed by atoms with Crippen LogP contribution in [0.25, 0.3) is 22.4 Å². The van der Waals surface area contributed by atoms with Crippen LogP contribution in [-0.4, -0.2) is 41.9 Å². The predicted molar refractivity (Wildman–Crippen MR) is 93.3 cm³/mol. The molecule has 6 nitrogen and oxygen atoms in total. The van der Waals surface area contributed by atoms with E-state index in [0.29, 0.717) is 0 Å². The number of nitrogens with one attached hydrogen (secondary N) is 1. The molecule has 1 aromatic carbocycles. The number of nitrogens with zero attached hydrogens (tertiary/aromatic N) is 3. The first-order valence-corrected chi connectivity index (χ1v) is 8.16. The Kier molecular flexibility index (Phi) is 4.04. The Morgan fingerprint density at radius 3 is 2.92 bits per heavy atom. The number of aromatic nitrogens is 3. The number of H-pyrrole nitrogens is 1. The van der Waals surface area contributed by atoms with Gasteiger partial charge in [0, 0.05) is 43.7 Å². The van der Waals surface area contributed by atoms with Gasteiger partial charge in [-0.3, -0.25) is 0 Å². The summed E-state index contributed by atoms with van der Waals surface area (Å²) in [6, 6.07) is 8.14. The monoisotopic (exact) mass is 324 g/mol. The minimum atomic E-state index is 0.228. The van der Waals surface area contributed by atoms with Gasteiger partial charge in [-0.2, -0.15) is 0 Å². The van der Waals surface area contributed by atoms with E-state index in [9.17, 15) is 0 Å². The Morgan fingerprint density at radius 1 is 1.21 bits per heavy atom. The third-order valence-corrected chi connectivity index (χ3v) is 4.26. The quantitative estimate of drug-likeness (QED) is 0.730. The number of anilines is 1. The number of hydrogen-bond donors (Lipinski definition) is 1. The van der Waals surface area contributed by atoms with Crippen LogP contribution in [0.15, 0.2) is 36.7 Å². The van der Waals surface area contributed by atoms with Gasteiger partial charge in [-0.25, -0.2) is 9.97 Å². The maximum atomic E-state index is 5.69. The molecule has 0 aliphatic carbocycles. The van der Waals surface area contributed by atoms with Crippen LogP contribution in [0.4, 0.5) is 5.69 Å². The van der Waals surface area contributed by atoms with Crippen LogP contribution in [0.3, 0.4) is 0 Å². The molecule has 124 valence electrons. The van der Waals surface area contributed by atoms with Gasteiger partial charge < -0.3 is 19.4 Å². The van der Waals surface area contributed by atoms with Crippen molar-refractivity contribution in [2.45, 2.75) is 12.8 Å². The minimum absolute atomic E-state index is 0.228. The third-order valence-electron chi connectivity index (χ3n) is 4.26. The van der Waals surface area contributed by atoms with Crippen molar-refractivity contribution in [1.29, 1.82) is 0 Å². The largest absolute Gasteiger partial charge is 0.467 e. The molecule has 24 heavy (non-hydrogen) atoms. The summed E-state index contributed by atoms with van der Waals surface area (Å²) in [5.41, 5.74) is 4.65. The molecule has 2 aromatic heterocycles. The second-order valence-corrected chi connectivity index (χ2v) is 5.93. The number of rotatable bonds is 5. The molecule has 0 radical (unpaired) electrons. The first-order chi connectivity index (χ1) is 11.8. The summed E-state index contributed by atoms with van der Waals surface area (Å²) >= 11 is 0. The summed E-state index contributed by atoms with van der Waals surface area (Å²) in [7, 11) is 1.62. The Hall–Kier alpha value is -2.60. The molecule has 1 N–H and O–H groups in total. The van der Waals surface area contributed by atoms with Gasteiger partial charge in [0.05, 0.1) is 11.9 Å². The fourth-order valence-corrected chi connectivity index (χ4v) is 3.07. The molecular formula is C18H20N4O2. The molecule has 3 aromatic rings. The predicted octanol–water partition coefficient (Wildman–Crippen LogP) is 3.21. The average Bonchev–Trinajstić information content (AvgIpc) is 3.30. The number of fused-ring (bicyclic) bond motifs is 1. The molecule has 0 spiro atoms. The second-order valence-electron chi connectivity index (χ2n) is 5.93. The van der Waals surface area contributed by atoms with Crippen molar-refractivity contribution in [2.24, 2.45) is 0 Å². The van der Waals surface area contributed by atoms with Gasteiger partial charge in [0.15, 0.2) is 12.4 Å². The molecule has 1 fully saturated rings. The average molecular weight is 324 g/mol. The molecule has 0 unspecified atom stereocenters. The molecule has 0 bridgehead atoms. The molecule has 3 heterocycles. The molecule has 0 saturated carbocycles. The van der Waals surface area contributed by atoms with Gasteiger partial charge in [0.1, 0.15) is 11.3 Å². The Bertz CT molecular complexity index is 840. The van der Waals surface area contributed by atoms with Crippen molar-refractivity contribution in [3.63, 3.8) is 0 Å². The van der Waals surface area contributed by atoms with E-state index >= 15 is 0 Å². The molecule has 0 amide bonds. The zero-order valence-electron chi connectivity index (χ0n) is 13.7. The normalized spacial score (nSPS) is 14.5. The van der Waals surface area contributed by atoms with E-state index in [-0.39, 0.29) is 6.79 Å². The van der Waals surface area contributed by atoms with Crippen LogP contribution >= 0.6 is 0 Å². The van der Waals surface area contributed by atoms with Crippen molar-refractivity contribution in [2.75, 3.05) is 31.9 Å². The highest BCUT2D eigenvalue weighted by Gasteiger charge is 2.15. The van der Waals surface area contributed by atoms with Crippen LogP contribution in [0.1, 0.15) is 12.8 Å². The maximum Gasteiger partial charge on any atom is 0.188 e. The maximum absolute atomic E-state index is 5.69. The summed E-state index contributed by atoms with van der Waals surface area (Å²) in [5, 5.41) is 0. The minimum Gasteiger partial charge on any atom is -0.467 e. The molecule has 1 aliphatic heterocycles. The van der Waals surface area contributed by atoms with E-state index in [0.717, 1.165) is 46.9 Å². The van der Waals surface area contributed by atoms with E-state index in [4.69, 9.17) is 14.5 Å². The summed E-state index contributed by atoms with van der Waals surface area (Å²) in [5.74, 6) is 0.784. The van der Waals surface area contributed by atoms with Gasteiger partial charge in [-0.1, -0.05) is 0 Å². The summed E-state index contributed by atoms with van der Waals surface area (Å²) in [6.07, 6.45) is 6.10. The summed E-state index contributed by atoms with van der Waals surface area (Å²) in [6.45, 7) is 2.39. The first kappa shape index (κ1) is 15.0. The van der Waals surface area contributed by atoms with Crippen LogP contribution in [0.5, 0.6) is 5.75 Å². The van der Waals surface area contributed by atoms with Crippen molar-refractivity contribution >= 4 is 16.9 Å². The lowest BCUT2D eigenvalue weighted by Gasteiger charge is -2.20. The fraction of sp³-hybridized carbons (Fsp3) is 0.333. The highest BCUT2D eigenvalue weighted by molar-refractivity contribution is 5.76. The molecular weight excluding hydrogens is 304 g/mol. The van der Waals surface area contributed by atoms with Crippen LogP contribution < -0.4 is 9.64 Å². The standard InChI is InChI=1S/C18H20N4O2/c1-23-12-24-15-9-13(8-14(10-15)22-6-2-3-7-22)17-11-20-18-16(21-17)4-5-19-18/h4-5,8-11H,2-3,6-7,12H2,1H3,(H,19,20). The van der Waals surface area contributed by atoms with E-state index in [1.54, 1.807) is 13.3 Å². The van der Waals surface area contributed by atoms with E-state index in [1.165, 1.54) is 12.8 Å². The Labute approximate surface area is 140 Å². The molecule has 0 atom stereocenters. The molecule has 6 heteroatoms. The van der Waals surface area contributed by atoms with Gasteiger partial charge in [0.2, 0.25) is 0 Å². The number of aromatic amines is 1. The van der Waals surface area contributed by atoms with Crippen molar-refractivity contribution in [3.05, 3.63) is 36.7 Å². The number of hydrogen-bond acceptors (Lipinski definition) is 5. The summed E-state index contributed by atoms with van der Waals surface area (Å²) < 4.78 is 10.7. The highest BCUT2D eigenvalue weighted by Crippen LogP contribution is 2.31. The molecule has 1 aliphatic rings. The van der Waals surface area contributed by atoms with E-state index in [2.05, 4.69) is 27.0 Å².